The molecule has 1 aromatic heterocycles. The second-order valence-corrected chi connectivity index (χ2v) is 5.66. The summed E-state index contributed by atoms with van der Waals surface area (Å²) in [5, 5.41) is 0. The standard InChI is InChI=1S/C14H19N5O2/c1-9-6-15-10(2)13(16-9)18-4-5-19-11(7-18)14(21)17(3)8-12(19)20/h6,11H,4-5,7-8H2,1-3H3. The van der Waals surface area contributed by atoms with Gasteiger partial charge in [-0.05, 0) is 13.8 Å². The Balaban J connectivity index is 1.87. The minimum absolute atomic E-state index is 0.00225. The van der Waals surface area contributed by atoms with Crippen LogP contribution in [0.15, 0.2) is 6.20 Å². The van der Waals surface area contributed by atoms with Crippen molar-refractivity contribution in [2.45, 2.75) is 19.9 Å². The highest BCUT2D eigenvalue weighted by Crippen LogP contribution is 2.23. The summed E-state index contributed by atoms with van der Waals surface area (Å²) >= 11 is 0. The van der Waals surface area contributed by atoms with E-state index in [2.05, 4.69) is 14.9 Å². The van der Waals surface area contributed by atoms with Gasteiger partial charge >= 0.3 is 0 Å². The number of anilines is 1. The first-order valence-corrected chi connectivity index (χ1v) is 7.07. The Hall–Kier alpha value is -2.18. The molecule has 0 saturated carbocycles. The molecule has 2 amide bonds. The number of fused-ring (bicyclic) bond motifs is 1. The van der Waals surface area contributed by atoms with Crippen LogP contribution >= 0.6 is 0 Å². The van der Waals surface area contributed by atoms with Gasteiger partial charge in [0.2, 0.25) is 11.8 Å². The van der Waals surface area contributed by atoms with E-state index in [0.29, 0.717) is 19.6 Å². The van der Waals surface area contributed by atoms with Crippen LogP contribution in [0.2, 0.25) is 0 Å². The lowest BCUT2D eigenvalue weighted by Crippen LogP contribution is -2.66. The van der Waals surface area contributed by atoms with Gasteiger partial charge in [-0.2, -0.15) is 0 Å². The molecular formula is C14H19N5O2. The number of aryl methyl sites for hydroxylation is 2. The van der Waals surface area contributed by atoms with E-state index in [1.807, 2.05) is 13.8 Å². The summed E-state index contributed by atoms with van der Waals surface area (Å²) in [6, 6.07) is -0.410. The predicted molar refractivity (Wildman–Crippen MR) is 76.9 cm³/mol. The molecule has 0 bridgehead atoms. The summed E-state index contributed by atoms with van der Waals surface area (Å²) in [6.45, 7) is 5.70. The van der Waals surface area contributed by atoms with Gasteiger partial charge in [0.15, 0.2) is 0 Å². The molecule has 3 rings (SSSR count). The topological polar surface area (TPSA) is 69.6 Å². The van der Waals surface area contributed by atoms with Crippen molar-refractivity contribution in [2.24, 2.45) is 0 Å². The summed E-state index contributed by atoms with van der Waals surface area (Å²) in [5.74, 6) is 0.828. The van der Waals surface area contributed by atoms with Crippen LogP contribution in [0.5, 0.6) is 0 Å². The van der Waals surface area contributed by atoms with Crippen molar-refractivity contribution in [3.63, 3.8) is 0 Å². The van der Waals surface area contributed by atoms with Crippen molar-refractivity contribution in [1.29, 1.82) is 0 Å². The van der Waals surface area contributed by atoms with Gasteiger partial charge in [-0.15, -0.1) is 0 Å². The summed E-state index contributed by atoms with van der Waals surface area (Å²) in [4.78, 5) is 38.4. The molecule has 7 heteroatoms. The normalized spacial score (nSPS) is 22.6. The van der Waals surface area contributed by atoms with Crippen molar-refractivity contribution >= 4 is 17.6 Å². The maximum atomic E-state index is 12.3. The monoisotopic (exact) mass is 289 g/mol. The third-order valence-corrected chi connectivity index (χ3v) is 4.08. The number of hydrogen-bond donors (Lipinski definition) is 0. The molecule has 2 aliphatic rings. The highest BCUT2D eigenvalue weighted by atomic mass is 16.2. The molecule has 1 unspecified atom stereocenters. The SMILES string of the molecule is Cc1cnc(C)c(N2CCN3C(=O)CN(C)C(=O)C3C2)n1. The minimum Gasteiger partial charge on any atom is -0.351 e. The molecule has 2 fully saturated rings. The van der Waals surface area contributed by atoms with E-state index < -0.39 is 6.04 Å². The van der Waals surface area contributed by atoms with E-state index in [9.17, 15) is 9.59 Å². The molecule has 2 saturated heterocycles. The van der Waals surface area contributed by atoms with Gasteiger partial charge in [0.25, 0.3) is 0 Å². The van der Waals surface area contributed by atoms with Crippen LogP contribution < -0.4 is 4.90 Å². The third kappa shape index (κ3) is 2.32. The second-order valence-electron chi connectivity index (χ2n) is 5.66. The Bertz CT molecular complexity index is 603. The van der Waals surface area contributed by atoms with Crippen LogP contribution in [0.4, 0.5) is 5.82 Å². The number of amides is 2. The second kappa shape index (κ2) is 4.98. The van der Waals surface area contributed by atoms with E-state index in [4.69, 9.17) is 0 Å². The first-order chi connectivity index (χ1) is 9.97. The van der Waals surface area contributed by atoms with Crippen LogP contribution in [0.3, 0.4) is 0 Å². The van der Waals surface area contributed by atoms with Crippen LogP contribution in [0.1, 0.15) is 11.4 Å². The molecule has 21 heavy (non-hydrogen) atoms. The fraction of sp³-hybridized carbons (Fsp3) is 0.571. The predicted octanol–water partition coefficient (Wildman–Crippen LogP) is -0.417. The van der Waals surface area contributed by atoms with Gasteiger partial charge in [-0.25, -0.2) is 4.98 Å². The van der Waals surface area contributed by atoms with Gasteiger partial charge in [0.1, 0.15) is 11.9 Å². The number of nitrogens with zero attached hydrogens (tertiary/aromatic N) is 5. The molecule has 0 radical (unpaired) electrons. The van der Waals surface area contributed by atoms with Gasteiger partial charge in [0.05, 0.1) is 17.9 Å². The summed E-state index contributed by atoms with van der Waals surface area (Å²) in [6.07, 6.45) is 1.73. The number of likely N-dealkylation sites (N-methyl/N-ethyl adjacent to an activating group) is 1. The lowest BCUT2D eigenvalue weighted by Gasteiger charge is -2.45. The third-order valence-electron chi connectivity index (χ3n) is 4.08. The Morgan fingerprint density at radius 1 is 1.24 bits per heavy atom. The number of carbonyl (C=O) groups is 2. The Kier molecular flexibility index (Phi) is 3.27. The molecule has 1 atom stereocenters. The maximum absolute atomic E-state index is 12.3. The minimum atomic E-state index is -0.410. The zero-order valence-electron chi connectivity index (χ0n) is 12.5. The largest absolute Gasteiger partial charge is 0.351 e. The zero-order chi connectivity index (χ0) is 15.1. The summed E-state index contributed by atoms with van der Waals surface area (Å²) in [5.41, 5.74) is 1.69. The first kappa shape index (κ1) is 13.8. The van der Waals surface area contributed by atoms with Gasteiger partial charge in [-0.3, -0.25) is 14.6 Å². The first-order valence-electron chi connectivity index (χ1n) is 7.07. The number of piperazine rings is 2. The van der Waals surface area contributed by atoms with Gasteiger partial charge in [-0.1, -0.05) is 0 Å². The van der Waals surface area contributed by atoms with E-state index >= 15 is 0 Å². The van der Waals surface area contributed by atoms with E-state index in [-0.39, 0.29) is 18.4 Å². The number of aromatic nitrogens is 2. The van der Waals surface area contributed by atoms with Crippen molar-refractivity contribution in [3.05, 3.63) is 17.6 Å². The average molecular weight is 289 g/mol. The quantitative estimate of drug-likeness (QED) is 0.702. The van der Waals surface area contributed by atoms with Crippen molar-refractivity contribution < 1.29 is 9.59 Å². The zero-order valence-corrected chi connectivity index (χ0v) is 12.5. The highest BCUT2D eigenvalue weighted by molar-refractivity contribution is 5.95. The smallest absolute Gasteiger partial charge is 0.247 e. The summed E-state index contributed by atoms with van der Waals surface area (Å²) < 4.78 is 0. The molecule has 0 spiro atoms. The lowest BCUT2D eigenvalue weighted by molar-refractivity contribution is -0.154. The molecule has 0 aliphatic carbocycles. The van der Waals surface area contributed by atoms with Crippen molar-refractivity contribution in [2.75, 3.05) is 38.1 Å². The number of carbonyl (C=O) groups excluding carboxylic acids is 2. The molecule has 2 aliphatic heterocycles. The van der Waals surface area contributed by atoms with E-state index in [0.717, 1.165) is 17.2 Å². The summed E-state index contributed by atoms with van der Waals surface area (Å²) in [7, 11) is 1.67. The van der Waals surface area contributed by atoms with Crippen molar-refractivity contribution in [3.8, 4) is 0 Å². The molecule has 0 N–H and O–H groups in total. The van der Waals surface area contributed by atoms with E-state index in [1.165, 1.54) is 4.90 Å². The fourth-order valence-corrected chi connectivity index (χ4v) is 2.94. The fourth-order valence-electron chi connectivity index (χ4n) is 2.94. The molecule has 0 aromatic carbocycles. The van der Waals surface area contributed by atoms with Crippen LogP contribution in [-0.2, 0) is 9.59 Å². The van der Waals surface area contributed by atoms with Gasteiger partial charge in [0, 0.05) is 32.9 Å². The van der Waals surface area contributed by atoms with Gasteiger partial charge < -0.3 is 14.7 Å². The Morgan fingerprint density at radius 2 is 2.00 bits per heavy atom. The molecular weight excluding hydrogens is 270 g/mol. The number of hydrogen-bond acceptors (Lipinski definition) is 5. The van der Waals surface area contributed by atoms with Crippen LogP contribution in [0.25, 0.3) is 0 Å². The Morgan fingerprint density at radius 3 is 2.76 bits per heavy atom. The molecule has 1 aromatic rings. The number of rotatable bonds is 1. The lowest BCUT2D eigenvalue weighted by atomic mass is 10.1. The molecule has 3 heterocycles. The highest BCUT2D eigenvalue weighted by Gasteiger charge is 2.41. The van der Waals surface area contributed by atoms with E-state index in [1.54, 1.807) is 18.1 Å². The molecule has 112 valence electrons. The van der Waals surface area contributed by atoms with Crippen LogP contribution in [0, 0.1) is 13.8 Å². The Labute approximate surface area is 123 Å². The maximum Gasteiger partial charge on any atom is 0.247 e. The average Bonchev–Trinajstić information content (AvgIpc) is 2.47. The van der Waals surface area contributed by atoms with Crippen molar-refractivity contribution in [1.82, 2.24) is 19.8 Å². The van der Waals surface area contributed by atoms with Crippen LogP contribution in [-0.4, -0.2) is 70.9 Å². The molecule has 7 nitrogen and oxygen atoms in total.